The van der Waals surface area contributed by atoms with E-state index in [0.717, 1.165) is 39.0 Å². The molecule has 2 aromatic carbocycles. The highest BCUT2D eigenvalue weighted by molar-refractivity contribution is 7.80. The number of rotatable bonds is 1. The number of aromatic amines is 1. The van der Waals surface area contributed by atoms with E-state index in [2.05, 4.69) is 39.8 Å². The van der Waals surface area contributed by atoms with E-state index >= 15 is 0 Å². The predicted molar refractivity (Wildman–Crippen MR) is 89.3 cm³/mol. The van der Waals surface area contributed by atoms with Gasteiger partial charge in [-0.25, -0.2) is 0 Å². The Kier molecular flexibility index (Phi) is 2.55. The number of aromatic nitrogens is 1. The van der Waals surface area contributed by atoms with Gasteiger partial charge in [-0.1, -0.05) is 42.5 Å². The van der Waals surface area contributed by atoms with Crippen molar-refractivity contribution in [3.8, 4) is 11.3 Å². The smallest absolute Gasteiger partial charge is 0.184 e. The van der Waals surface area contributed by atoms with Crippen molar-refractivity contribution in [2.24, 2.45) is 10.8 Å². The number of thiocarbonyl (C=S) groups is 1. The lowest BCUT2D eigenvalue weighted by Crippen LogP contribution is -2.25. The first-order valence-corrected chi connectivity index (χ1v) is 7.00. The van der Waals surface area contributed by atoms with Crippen LogP contribution in [0.2, 0.25) is 0 Å². The van der Waals surface area contributed by atoms with Gasteiger partial charge < -0.3 is 10.7 Å². The maximum Gasteiger partial charge on any atom is 0.184 e. The Labute approximate surface area is 126 Å². The number of nitrogens with two attached hydrogens (primary N) is 1. The van der Waals surface area contributed by atoms with E-state index in [1.807, 2.05) is 24.3 Å². The summed E-state index contributed by atoms with van der Waals surface area (Å²) in [6, 6.07) is 16.4. The highest BCUT2D eigenvalue weighted by Gasteiger charge is 2.28. The van der Waals surface area contributed by atoms with Crippen molar-refractivity contribution < 1.29 is 0 Å². The number of benzene rings is 2. The van der Waals surface area contributed by atoms with E-state index in [9.17, 15) is 0 Å². The molecule has 1 aliphatic rings. The lowest BCUT2D eigenvalue weighted by atomic mass is 10.1. The molecule has 21 heavy (non-hydrogen) atoms. The topological polar surface area (TPSA) is 66.2 Å². The van der Waals surface area contributed by atoms with Crippen LogP contribution in [0.3, 0.4) is 0 Å². The van der Waals surface area contributed by atoms with Crippen molar-refractivity contribution >= 4 is 33.9 Å². The summed E-state index contributed by atoms with van der Waals surface area (Å²) in [6.07, 6.45) is 0. The Balaban J connectivity index is 2.04. The maximum absolute atomic E-state index is 5.50. The predicted octanol–water partition coefficient (Wildman–Crippen LogP) is 2.73. The average molecular weight is 292 g/mol. The van der Waals surface area contributed by atoms with Gasteiger partial charge in [0.1, 0.15) is 5.71 Å². The fourth-order valence-electron chi connectivity index (χ4n) is 2.86. The van der Waals surface area contributed by atoms with Crippen LogP contribution in [0.25, 0.3) is 22.2 Å². The summed E-state index contributed by atoms with van der Waals surface area (Å²) in [4.78, 5) is 3.48. The van der Waals surface area contributed by atoms with Gasteiger partial charge in [-0.2, -0.15) is 5.10 Å². The van der Waals surface area contributed by atoms with Gasteiger partial charge in [0.05, 0.1) is 5.69 Å². The van der Waals surface area contributed by atoms with Crippen LogP contribution in [0.1, 0.15) is 11.1 Å². The molecule has 0 saturated heterocycles. The number of hydrogen-bond donors (Lipinski definition) is 3. The molecular formula is C16H12N4S. The van der Waals surface area contributed by atoms with E-state index in [1.54, 1.807) is 0 Å². The van der Waals surface area contributed by atoms with E-state index < -0.39 is 0 Å². The van der Waals surface area contributed by atoms with Crippen LogP contribution >= 0.6 is 12.2 Å². The molecule has 5 heteroatoms. The Morgan fingerprint density at radius 3 is 2.57 bits per heavy atom. The van der Waals surface area contributed by atoms with Crippen LogP contribution in [0, 0.1) is 0 Å². The summed E-state index contributed by atoms with van der Waals surface area (Å²) < 4.78 is 0. The van der Waals surface area contributed by atoms with Crippen LogP contribution in [-0.2, 0) is 0 Å². The fraction of sp³-hybridized carbons (Fsp3) is 0. The molecule has 0 amide bonds. The van der Waals surface area contributed by atoms with Crippen molar-refractivity contribution in [1.82, 2.24) is 10.4 Å². The second-order valence-electron chi connectivity index (χ2n) is 4.90. The number of H-pyrrole nitrogens is 1. The van der Waals surface area contributed by atoms with Crippen molar-refractivity contribution in [1.29, 1.82) is 0 Å². The zero-order valence-corrected chi connectivity index (χ0v) is 11.9. The van der Waals surface area contributed by atoms with Gasteiger partial charge >= 0.3 is 0 Å². The van der Waals surface area contributed by atoms with Gasteiger partial charge in [-0.3, -0.25) is 5.43 Å². The fourth-order valence-corrected chi connectivity index (χ4v) is 2.90. The third-order valence-electron chi connectivity index (χ3n) is 3.67. The molecule has 4 rings (SSSR count). The van der Waals surface area contributed by atoms with Crippen molar-refractivity contribution in [3.05, 3.63) is 59.7 Å². The molecule has 0 aliphatic heterocycles. The van der Waals surface area contributed by atoms with Crippen LogP contribution in [0.15, 0.2) is 53.6 Å². The summed E-state index contributed by atoms with van der Waals surface area (Å²) in [7, 11) is 0. The van der Waals surface area contributed by atoms with Gasteiger partial charge in [0.2, 0.25) is 0 Å². The summed E-state index contributed by atoms with van der Waals surface area (Å²) in [5, 5.41) is 5.71. The summed E-state index contributed by atoms with van der Waals surface area (Å²) >= 11 is 4.85. The average Bonchev–Trinajstić information content (AvgIpc) is 3.00. The highest BCUT2D eigenvalue weighted by Crippen LogP contribution is 2.40. The molecule has 102 valence electrons. The second kappa shape index (κ2) is 4.43. The van der Waals surface area contributed by atoms with Crippen LogP contribution in [0.4, 0.5) is 0 Å². The molecule has 1 aromatic heterocycles. The van der Waals surface area contributed by atoms with Crippen molar-refractivity contribution in [3.63, 3.8) is 0 Å². The Hall–Kier alpha value is -2.66. The zero-order chi connectivity index (χ0) is 14.4. The van der Waals surface area contributed by atoms with E-state index in [-0.39, 0.29) is 5.11 Å². The van der Waals surface area contributed by atoms with E-state index in [0.29, 0.717) is 0 Å². The standard InChI is InChI=1S/C16H12N4S/c17-16(21)20-19-15-10-6-2-1-5-9(10)14-13(15)11-7-3-4-8-12(11)18-14/h1-8,18H,(H3,17,20,21)/b19-15+. The molecule has 0 spiro atoms. The van der Waals surface area contributed by atoms with Gasteiger partial charge in [-0.15, -0.1) is 0 Å². The minimum Gasteiger partial charge on any atom is -0.375 e. The minimum absolute atomic E-state index is 0.160. The highest BCUT2D eigenvalue weighted by atomic mass is 32.1. The lowest BCUT2D eigenvalue weighted by molar-refractivity contribution is 1.03. The Morgan fingerprint density at radius 2 is 1.76 bits per heavy atom. The minimum atomic E-state index is 0.160. The second-order valence-corrected chi connectivity index (χ2v) is 5.34. The normalized spacial score (nSPS) is 14.2. The molecular weight excluding hydrogens is 280 g/mol. The largest absolute Gasteiger partial charge is 0.375 e. The summed E-state index contributed by atoms with van der Waals surface area (Å²) in [5.74, 6) is 0. The van der Waals surface area contributed by atoms with Gasteiger partial charge in [-0.05, 0) is 18.3 Å². The first kappa shape index (κ1) is 12.1. The van der Waals surface area contributed by atoms with Crippen molar-refractivity contribution in [2.45, 2.75) is 0 Å². The van der Waals surface area contributed by atoms with Crippen molar-refractivity contribution in [2.75, 3.05) is 0 Å². The van der Waals surface area contributed by atoms with Gasteiger partial charge in [0.25, 0.3) is 0 Å². The molecule has 0 bridgehead atoms. The van der Waals surface area contributed by atoms with Gasteiger partial charge in [0, 0.05) is 27.6 Å². The van der Waals surface area contributed by atoms with E-state index in [4.69, 9.17) is 18.0 Å². The quantitative estimate of drug-likeness (QED) is 0.373. The SMILES string of the molecule is NC(=S)N/N=C1\c2ccccc2-c2[nH]c3ccccc3c21. The van der Waals surface area contributed by atoms with E-state index in [1.165, 1.54) is 0 Å². The molecule has 1 heterocycles. The summed E-state index contributed by atoms with van der Waals surface area (Å²) in [6.45, 7) is 0. The molecule has 0 atom stereocenters. The number of nitrogens with zero attached hydrogens (tertiary/aromatic N) is 1. The summed E-state index contributed by atoms with van der Waals surface area (Å²) in [5.41, 5.74) is 14.6. The lowest BCUT2D eigenvalue weighted by Gasteiger charge is -2.03. The monoisotopic (exact) mass is 292 g/mol. The first-order valence-electron chi connectivity index (χ1n) is 6.59. The number of hydrogen-bond acceptors (Lipinski definition) is 2. The molecule has 3 aromatic rings. The van der Waals surface area contributed by atoms with Crippen LogP contribution in [0.5, 0.6) is 0 Å². The third kappa shape index (κ3) is 1.75. The number of fused-ring (bicyclic) bond motifs is 5. The molecule has 0 radical (unpaired) electrons. The Bertz CT molecular complexity index is 908. The van der Waals surface area contributed by atoms with Crippen LogP contribution in [-0.4, -0.2) is 15.8 Å². The Morgan fingerprint density at radius 1 is 1.05 bits per heavy atom. The molecule has 4 N–H and O–H groups in total. The number of hydrazone groups is 1. The zero-order valence-electron chi connectivity index (χ0n) is 11.1. The van der Waals surface area contributed by atoms with Gasteiger partial charge in [0.15, 0.2) is 5.11 Å². The maximum atomic E-state index is 5.50. The molecule has 0 fully saturated rings. The number of para-hydroxylation sites is 1. The number of nitrogens with one attached hydrogen (secondary N) is 2. The van der Waals surface area contributed by atoms with Crippen LogP contribution < -0.4 is 11.2 Å². The molecule has 0 saturated carbocycles. The first-order chi connectivity index (χ1) is 10.3. The molecule has 4 nitrogen and oxygen atoms in total. The molecule has 0 unspecified atom stereocenters. The molecule has 1 aliphatic carbocycles. The third-order valence-corrected chi connectivity index (χ3v) is 3.76.